The van der Waals surface area contributed by atoms with Gasteiger partial charge in [-0.1, -0.05) is 23.7 Å². The maximum atomic E-state index is 13.4. The molecule has 2 aromatic rings. The topological polar surface area (TPSA) is 49.3 Å². The van der Waals surface area contributed by atoms with Crippen molar-refractivity contribution in [2.24, 2.45) is 0 Å². The van der Waals surface area contributed by atoms with Crippen LogP contribution in [-0.2, 0) is 6.54 Å². The first-order valence-electron chi connectivity index (χ1n) is 5.99. The van der Waals surface area contributed by atoms with Crippen LogP contribution in [0, 0.1) is 12.7 Å². The van der Waals surface area contributed by atoms with E-state index in [0.717, 1.165) is 5.56 Å². The summed E-state index contributed by atoms with van der Waals surface area (Å²) in [5, 5.41) is 12.2. The number of rotatable bonds is 4. The lowest BCUT2D eigenvalue weighted by Gasteiger charge is -2.09. The van der Waals surface area contributed by atoms with Gasteiger partial charge in [0.25, 0.3) is 0 Å². The molecule has 0 radical (unpaired) electrons. The molecule has 2 rings (SSSR count). The van der Waals surface area contributed by atoms with Crippen LogP contribution >= 0.6 is 11.6 Å². The minimum atomic E-state index is -1.08. The molecule has 0 heterocycles. The second-order valence-electron chi connectivity index (χ2n) is 4.44. The number of carbonyl (C=O) groups is 1. The summed E-state index contributed by atoms with van der Waals surface area (Å²) in [4.78, 5) is 11.0. The van der Waals surface area contributed by atoms with Gasteiger partial charge in [0.05, 0.1) is 10.6 Å². The summed E-state index contributed by atoms with van der Waals surface area (Å²) >= 11 is 5.79. The van der Waals surface area contributed by atoms with E-state index in [1.165, 1.54) is 18.2 Å². The third-order valence-corrected chi connectivity index (χ3v) is 3.26. The predicted molar refractivity (Wildman–Crippen MR) is 76.9 cm³/mol. The molecular weight excluding hydrogens is 281 g/mol. The van der Waals surface area contributed by atoms with Crippen LogP contribution < -0.4 is 5.32 Å². The van der Waals surface area contributed by atoms with Gasteiger partial charge in [0.1, 0.15) is 5.82 Å². The zero-order valence-corrected chi connectivity index (χ0v) is 11.5. The normalized spacial score (nSPS) is 10.3. The summed E-state index contributed by atoms with van der Waals surface area (Å²) in [7, 11) is 0. The van der Waals surface area contributed by atoms with Gasteiger partial charge >= 0.3 is 5.97 Å². The second-order valence-corrected chi connectivity index (χ2v) is 4.84. The van der Waals surface area contributed by atoms with Gasteiger partial charge in [-0.2, -0.15) is 0 Å². The summed E-state index contributed by atoms with van der Waals surface area (Å²) in [5.74, 6) is -1.34. The van der Waals surface area contributed by atoms with Crippen molar-refractivity contribution in [3.8, 4) is 0 Å². The maximum Gasteiger partial charge on any atom is 0.337 e. The first-order valence-corrected chi connectivity index (χ1v) is 6.37. The van der Waals surface area contributed by atoms with Gasteiger partial charge < -0.3 is 10.4 Å². The van der Waals surface area contributed by atoms with Crippen LogP contribution in [0.4, 0.5) is 10.1 Å². The average Bonchev–Trinajstić information content (AvgIpc) is 2.41. The Morgan fingerprint density at radius 3 is 2.70 bits per heavy atom. The van der Waals surface area contributed by atoms with Crippen molar-refractivity contribution < 1.29 is 14.3 Å². The molecule has 0 aromatic heterocycles. The molecule has 0 unspecified atom stereocenters. The third kappa shape index (κ3) is 3.27. The molecule has 5 heteroatoms. The lowest BCUT2D eigenvalue weighted by Crippen LogP contribution is -2.03. The van der Waals surface area contributed by atoms with Crippen molar-refractivity contribution >= 4 is 23.3 Å². The van der Waals surface area contributed by atoms with E-state index in [2.05, 4.69) is 5.32 Å². The van der Waals surface area contributed by atoms with E-state index < -0.39 is 5.97 Å². The Kier molecular flexibility index (Phi) is 4.25. The molecule has 2 aromatic carbocycles. The van der Waals surface area contributed by atoms with E-state index in [0.29, 0.717) is 17.8 Å². The van der Waals surface area contributed by atoms with Crippen molar-refractivity contribution in [2.75, 3.05) is 5.32 Å². The van der Waals surface area contributed by atoms with Crippen molar-refractivity contribution in [3.63, 3.8) is 0 Å². The number of halogens is 2. The van der Waals surface area contributed by atoms with Gasteiger partial charge in [0, 0.05) is 12.2 Å². The van der Waals surface area contributed by atoms with Crippen molar-refractivity contribution in [1.82, 2.24) is 0 Å². The molecule has 2 N–H and O–H groups in total. The summed E-state index contributed by atoms with van der Waals surface area (Å²) in [6.07, 6.45) is 0. The third-order valence-electron chi connectivity index (χ3n) is 2.93. The Bertz CT molecular complexity index is 658. The van der Waals surface area contributed by atoms with E-state index in [9.17, 15) is 9.18 Å². The molecule has 0 fully saturated rings. The van der Waals surface area contributed by atoms with Crippen LogP contribution in [0.5, 0.6) is 0 Å². The Balaban J connectivity index is 2.12. The number of benzene rings is 2. The van der Waals surface area contributed by atoms with Crippen LogP contribution in [0.15, 0.2) is 36.4 Å². The quantitative estimate of drug-likeness (QED) is 0.892. The number of carboxylic acids is 1. The Hall–Kier alpha value is -2.07. The average molecular weight is 294 g/mol. The zero-order chi connectivity index (χ0) is 14.7. The molecule has 3 nitrogen and oxygen atoms in total. The molecule has 0 bridgehead atoms. The summed E-state index contributed by atoms with van der Waals surface area (Å²) in [6.45, 7) is 2.10. The van der Waals surface area contributed by atoms with Crippen LogP contribution in [0.25, 0.3) is 0 Å². The number of anilines is 1. The van der Waals surface area contributed by atoms with Gasteiger partial charge in [-0.3, -0.25) is 0 Å². The van der Waals surface area contributed by atoms with Crippen molar-refractivity contribution in [2.45, 2.75) is 13.5 Å². The monoisotopic (exact) mass is 293 g/mol. The molecule has 0 aliphatic heterocycles. The minimum Gasteiger partial charge on any atom is -0.478 e. The molecule has 0 spiro atoms. The standard InChI is InChI=1S/C15H13ClFNO2/c1-9-2-3-10(6-14(9)17)8-18-11-4-5-13(16)12(7-11)15(19)20/h2-7,18H,8H2,1H3,(H,19,20). The van der Waals surface area contributed by atoms with Crippen molar-refractivity contribution in [1.29, 1.82) is 0 Å². The van der Waals surface area contributed by atoms with Crippen molar-refractivity contribution in [3.05, 3.63) is 63.9 Å². The van der Waals surface area contributed by atoms with E-state index in [-0.39, 0.29) is 16.4 Å². The second kappa shape index (κ2) is 5.92. The maximum absolute atomic E-state index is 13.4. The number of carboxylic acid groups (broad SMARTS) is 1. The highest BCUT2D eigenvalue weighted by Gasteiger charge is 2.09. The number of aryl methyl sites for hydroxylation is 1. The van der Waals surface area contributed by atoms with Gasteiger partial charge in [0.2, 0.25) is 0 Å². The van der Waals surface area contributed by atoms with Gasteiger partial charge in [-0.05, 0) is 42.3 Å². The number of hydrogen-bond donors (Lipinski definition) is 2. The Labute approximate surface area is 121 Å². The zero-order valence-electron chi connectivity index (χ0n) is 10.8. The van der Waals surface area contributed by atoms with E-state index in [4.69, 9.17) is 16.7 Å². The van der Waals surface area contributed by atoms with Crippen LogP contribution in [0.1, 0.15) is 21.5 Å². The smallest absolute Gasteiger partial charge is 0.337 e. The number of hydrogen-bond acceptors (Lipinski definition) is 2. The largest absolute Gasteiger partial charge is 0.478 e. The molecule has 104 valence electrons. The minimum absolute atomic E-state index is 0.0340. The molecule has 0 atom stereocenters. The molecule has 0 saturated carbocycles. The predicted octanol–water partition coefficient (Wildman–Crippen LogP) is 4.10. The molecule has 0 saturated heterocycles. The lowest BCUT2D eigenvalue weighted by atomic mass is 10.1. The fraction of sp³-hybridized carbons (Fsp3) is 0.133. The molecule has 0 aliphatic rings. The fourth-order valence-electron chi connectivity index (χ4n) is 1.75. The fourth-order valence-corrected chi connectivity index (χ4v) is 1.95. The van der Waals surface area contributed by atoms with Crippen LogP contribution in [0.2, 0.25) is 5.02 Å². The highest BCUT2D eigenvalue weighted by molar-refractivity contribution is 6.33. The molecule has 0 aliphatic carbocycles. The number of nitrogens with one attached hydrogen (secondary N) is 1. The number of aromatic carboxylic acids is 1. The first kappa shape index (κ1) is 14.3. The Morgan fingerprint density at radius 1 is 1.30 bits per heavy atom. The van der Waals surface area contributed by atoms with E-state index in [1.54, 1.807) is 19.1 Å². The highest BCUT2D eigenvalue weighted by Crippen LogP contribution is 2.21. The molecule has 0 amide bonds. The lowest BCUT2D eigenvalue weighted by molar-refractivity contribution is 0.0697. The van der Waals surface area contributed by atoms with Gasteiger partial charge in [-0.15, -0.1) is 0 Å². The van der Waals surface area contributed by atoms with Crippen LogP contribution in [-0.4, -0.2) is 11.1 Å². The molecular formula is C15H13ClFNO2. The summed E-state index contributed by atoms with van der Waals surface area (Å²) < 4.78 is 13.4. The van der Waals surface area contributed by atoms with Crippen LogP contribution in [0.3, 0.4) is 0 Å². The van der Waals surface area contributed by atoms with E-state index in [1.807, 2.05) is 6.07 Å². The highest BCUT2D eigenvalue weighted by atomic mass is 35.5. The first-order chi connectivity index (χ1) is 9.47. The summed E-state index contributed by atoms with van der Waals surface area (Å²) in [6, 6.07) is 9.63. The van der Waals surface area contributed by atoms with Gasteiger partial charge in [0.15, 0.2) is 0 Å². The SMILES string of the molecule is Cc1ccc(CNc2ccc(Cl)c(C(=O)O)c2)cc1F. The summed E-state index contributed by atoms with van der Waals surface area (Å²) in [5.41, 5.74) is 2.02. The van der Waals surface area contributed by atoms with Gasteiger partial charge in [-0.25, -0.2) is 9.18 Å². The Morgan fingerprint density at radius 2 is 2.05 bits per heavy atom. The molecule has 20 heavy (non-hydrogen) atoms. The van der Waals surface area contributed by atoms with E-state index >= 15 is 0 Å².